The van der Waals surface area contributed by atoms with Crippen LogP contribution in [0.2, 0.25) is 0 Å². The van der Waals surface area contributed by atoms with Gasteiger partial charge in [0.15, 0.2) is 5.75 Å². The van der Waals surface area contributed by atoms with Crippen molar-refractivity contribution in [1.29, 1.82) is 0 Å². The predicted octanol–water partition coefficient (Wildman–Crippen LogP) is 3.28. The Morgan fingerprint density at radius 3 is 2.42 bits per heavy atom. The maximum Gasteiger partial charge on any atom is 0.311 e. The summed E-state index contributed by atoms with van der Waals surface area (Å²) < 4.78 is 0. The van der Waals surface area contributed by atoms with E-state index in [4.69, 9.17) is 0 Å². The molecule has 2 fully saturated rings. The Morgan fingerprint density at radius 1 is 1.21 bits per heavy atom. The van der Waals surface area contributed by atoms with Crippen molar-refractivity contribution in [2.75, 3.05) is 26.2 Å². The number of halogens is 2. The van der Waals surface area contributed by atoms with Crippen LogP contribution in [0, 0.1) is 16.0 Å². The number of rotatable bonds is 4. The number of piperazine rings is 1. The second-order valence-electron chi connectivity index (χ2n) is 6.28. The highest BCUT2D eigenvalue weighted by molar-refractivity contribution is 5.85. The van der Waals surface area contributed by atoms with E-state index < -0.39 is 4.92 Å². The average molecular weight is 378 g/mol. The molecule has 1 aromatic rings. The first-order valence-electron chi connectivity index (χ1n) is 8.09. The number of nitrogens with zero attached hydrogens (tertiary/aromatic N) is 2. The van der Waals surface area contributed by atoms with Gasteiger partial charge in [0.25, 0.3) is 0 Å². The van der Waals surface area contributed by atoms with Crippen LogP contribution in [0.15, 0.2) is 18.2 Å². The number of nitrogens with one attached hydrogen (secondary N) is 1. The molecule has 0 bridgehead atoms. The predicted molar refractivity (Wildman–Crippen MR) is 98.4 cm³/mol. The van der Waals surface area contributed by atoms with Gasteiger partial charge in [-0.25, -0.2) is 0 Å². The second kappa shape index (κ2) is 9.42. The van der Waals surface area contributed by atoms with Gasteiger partial charge in [0.1, 0.15) is 0 Å². The first-order chi connectivity index (χ1) is 10.7. The molecule has 0 amide bonds. The highest BCUT2D eigenvalue weighted by atomic mass is 35.5. The fraction of sp³-hybridized carbons (Fsp3) is 0.625. The molecule has 2 aliphatic rings. The molecule has 1 saturated carbocycles. The molecule has 1 aromatic carbocycles. The standard InChI is InChI=1S/C16H23N3O3.2ClH/c20-15-6-5-13(11-14(15)19(21)22)16(12-3-1-2-4-12)18-9-7-17-8-10-18;;/h5-6,11-12,16-17,20H,1-4,7-10H2;2*1H/t16-;;/m1../s1. The van der Waals surface area contributed by atoms with Gasteiger partial charge in [-0.2, -0.15) is 0 Å². The SMILES string of the molecule is Cl.Cl.O=[N+]([O-])c1cc([C@@H](C2CCCC2)N2CCNCC2)ccc1O. The third-order valence-electron chi connectivity index (χ3n) is 4.93. The summed E-state index contributed by atoms with van der Waals surface area (Å²) in [5.41, 5.74) is 0.786. The number of aromatic hydroxyl groups is 1. The summed E-state index contributed by atoms with van der Waals surface area (Å²) in [6.07, 6.45) is 4.85. The van der Waals surface area contributed by atoms with Gasteiger partial charge >= 0.3 is 5.69 Å². The molecule has 1 atom stereocenters. The van der Waals surface area contributed by atoms with Crippen molar-refractivity contribution in [3.8, 4) is 5.75 Å². The van der Waals surface area contributed by atoms with E-state index in [-0.39, 0.29) is 42.3 Å². The summed E-state index contributed by atoms with van der Waals surface area (Å²) in [6.45, 7) is 3.86. The maximum atomic E-state index is 11.1. The van der Waals surface area contributed by atoms with Gasteiger partial charge < -0.3 is 10.4 Å². The zero-order valence-electron chi connectivity index (χ0n) is 13.5. The van der Waals surface area contributed by atoms with Crippen LogP contribution in [-0.4, -0.2) is 41.1 Å². The Balaban J connectivity index is 0.00000144. The zero-order valence-corrected chi connectivity index (χ0v) is 15.2. The molecule has 1 aliphatic carbocycles. The van der Waals surface area contributed by atoms with Crippen molar-refractivity contribution < 1.29 is 10.0 Å². The van der Waals surface area contributed by atoms with Gasteiger partial charge in [-0.1, -0.05) is 18.9 Å². The van der Waals surface area contributed by atoms with Crippen LogP contribution in [0.4, 0.5) is 5.69 Å². The van der Waals surface area contributed by atoms with Crippen molar-refractivity contribution in [1.82, 2.24) is 10.2 Å². The van der Waals surface area contributed by atoms with Gasteiger partial charge in [-0.05, 0) is 30.4 Å². The minimum atomic E-state index is -0.498. The topological polar surface area (TPSA) is 78.6 Å². The fourth-order valence-corrected chi connectivity index (χ4v) is 3.89. The Morgan fingerprint density at radius 2 is 1.83 bits per heavy atom. The van der Waals surface area contributed by atoms with Crippen LogP contribution < -0.4 is 5.32 Å². The van der Waals surface area contributed by atoms with Gasteiger partial charge in [-0.15, -0.1) is 24.8 Å². The zero-order chi connectivity index (χ0) is 15.5. The van der Waals surface area contributed by atoms with Crippen molar-refractivity contribution >= 4 is 30.5 Å². The molecule has 8 heteroatoms. The largest absolute Gasteiger partial charge is 0.502 e. The van der Waals surface area contributed by atoms with Crippen LogP contribution in [0.5, 0.6) is 5.75 Å². The molecule has 6 nitrogen and oxygen atoms in total. The number of benzene rings is 1. The Labute approximate surface area is 154 Å². The molecule has 0 spiro atoms. The van der Waals surface area contributed by atoms with E-state index in [1.807, 2.05) is 6.07 Å². The van der Waals surface area contributed by atoms with Crippen molar-refractivity contribution in [2.24, 2.45) is 5.92 Å². The Bertz CT molecular complexity index is 547. The van der Waals surface area contributed by atoms with Crippen molar-refractivity contribution in [3.05, 3.63) is 33.9 Å². The summed E-state index contributed by atoms with van der Waals surface area (Å²) in [5, 5.41) is 24.2. The highest BCUT2D eigenvalue weighted by Crippen LogP contribution is 2.41. The number of nitro benzene ring substituents is 1. The minimum absolute atomic E-state index is 0. The van der Waals surface area contributed by atoms with Crippen LogP contribution in [0.25, 0.3) is 0 Å². The molecule has 136 valence electrons. The smallest absolute Gasteiger partial charge is 0.311 e. The van der Waals surface area contributed by atoms with E-state index >= 15 is 0 Å². The van der Waals surface area contributed by atoms with Gasteiger partial charge in [-0.3, -0.25) is 15.0 Å². The van der Waals surface area contributed by atoms with Crippen LogP contribution >= 0.6 is 24.8 Å². The lowest BCUT2D eigenvalue weighted by molar-refractivity contribution is -0.386. The Kier molecular flexibility index (Phi) is 8.22. The molecule has 0 aromatic heterocycles. The van der Waals surface area contributed by atoms with Crippen LogP contribution in [0.1, 0.15) is 37.3 Å². The first-order valence-corrected chi connectivity index (χ1v) is 8.09. The molecule has 3 rings (SSSR count). The molecule has 1 heterocycles. The number of nitro groups is 1. The molecule has 1 saturated heterocycles. The molecular formula is C16H25Cl2N3O3. The average Bonchev–Trinajstić information content (AvgIpc) is 3.04. The number of hydrogen-bond donors (Lipinski definition) is 2. The quantitative estimate of drug-likeness (QED) is 0.621. The van der Waals surface area contributed by atoms with E-state index in [9.17, 15) is 15.2 Å². The number of hydrogen-bond acceptors (Lipinski definition) is 5. The van der Waals surface area contributed by atoms with E-state index in [2.05, 4.69) is 10.2 Å². The lowest BCUT2D eigenvalue weighted by Gasteiger charge is -2.38. The summed E-state index contributed by atoms with van der Waals surface area (Å²) in [6, 6.07) is 5.12. The van der Waals surface area contributed by atoms with E-state index in [1.165, 1.54) is 31.7 Å². The van der Waals surface area contributed by atoms with E-state index in [0.717, 1.165) is 31.7 Å². The molecule has 0 unspecified atom stereocenters. The van der Waals surface area contributed by atoms with Gasteiger partial charge in [0, 0.05) is 38.3 Å². The molecule has 0 radical (unpaired) electrons. The lowest BCUT2D eigenvalue weighted by Crippen LogP contribution is -2.46. The fourth-order valence-electron chi connectivity index (χ4n) is 3.89. The molecule has 2 N–H and O–H groups in total. The summed E-state index contributed by atoms with van der Waals surface area (Å²) >= 11 is 0. The number of phenolic OH excluding ortho intramolecular Hbond substituents is 1. The minimum Gasteiger partial charge on any atom is -0.502 e. The number of phenols is 1. The second-order valence-corrected chi connectivity index (χ2v) is 6.28. The maximum absolute atomic E-state index is 11.1. The summed E-state index contributed by atoms with van der Waals surface area (Å²) in [4.78, 5) is 13.1. The summed E-state index contributed by atoms with van der Waals surface area (Å²) in [5.74, 6) is 0.307. The molecule has 24 heavy (non-hydrogen) atoms. The van der Waals surface area contributed by atoms with Crippen LogP contribution in [0.3, 0.4) is 0 Å². The third kappa shape index (κ3) is 4.51. The van der Waals surface area contributed by atoms with E-state index in [0.29, 0.717) is 5.92 Å². The third-order valence-corrected chi connectivity index (χ3v) is 4.93. The van der Waals surface area contributed by atoms with Gasteiger partial charge in [0.05, 0.1) is 4.92 Å². The normalized spacial score (nSPS) is 20.0. The highest BCUT2D eigenvalue weighted by Gasteiger charge is 2.33. The molecule has 1 aliphatic heterocycles. The lowest BCUT2D eigenvalue weighted by atomic mass is 9.89. The van der Waals surface area contributed by atoms with Gasteiger partial charge in [0.2, 0.25) is 0 Å². The summed E-state index contributed by atoms with van der Waals surface area (Å²) in [7, 11) is 0. The molecular weight excluding hydrogens is 353 g/mol. The van der Waals surface area contributed by atoms with Crippen molar-refractivity contribution in [3.63, 3.8) is 0 Å². The van der Waals surface area contributed by atoms with E-state index in [1.54, 1.807) is 6.07 Å². The Hall–Kier alpha value is -1.08. The van der Waals surface area contributed by atoms with Crippen molar-refractivity contribution in [2.45, 2.75) is 31.7 Å². The first kappa shape index (κ1) is 21.0. The van der Waals surface area contributed by atoms with Crippen LogP contribution in [-0.2, 0) is 0 Å². The monoisotopic (exact) mass is 377 g/mol.